The van der Waals surface area contributed by atoms with E-state index in [0.717, 1.165) is 26.2 Å². The predicted molar refractivity (Wildman–Crippen MR) is 75.2 cm³/mol. The highest BCUT2D eigenvalue weighted by Crippen LogP contribution is 2.22. The topological polar surface area (TPSA) is 26.8 Å². The van der Waals surface area contributed by atoms with E-state index in [1.54, 1.807) is 6.92 Å². The Morgan fingerprint density at radius 2 is 1.83 bits per heavy atom. The fraction of sp³-hybridized carbons (Fsp3) is 0.500. The molecule has 0 saturated carbocycles. The third kappa shape index (κ3) is 2.75. The normalized spacial score (nSPS) is 15.7. The molecule has 0 N–H and O–H groups in total. The summed E-state index contributed by atoms with van der Waals surface area (Å²) >= 11 is 0. The van der Waals surface area contributed by atoms with Crippen LogP contribution in [0.15, 0.2) is 24.3 Å². The summed E-state index contributed by atoms with van der Waals surface area (Å²) in [5, 5.41) is 0. The van der Waals surface area contributed by atoms with Crippen LogP contribution >= 0.6 is 0 Å². The molecule has 0 aromatic heterocycles. The maximum absolute atomic E-state index is 11.3. The molecule has 0 unspecified atom stereocenters. The van der Waals surface area contributed by atoms with Gasteiger partial charge in [0.05, 0.1) is 0 Å². The number of piperazine rings is 1. The van der Waals surface area contributed by atoms with Crippen molar-refractivity contribution in [2.45, 2.75) is 6.92 Å². The molecule has 1 saturated heterocycles. The molecule has 0 atom stereocenters. The van der Waals surface area contributed by atoms with E-state index in [0.29, 0.717) is 0 Å². The van der Waals surface area contributed by atoms with Crippen molar-refractivity contribution in [2.75, 3.05) is 50.1 Å². The summed E-state index contributed by atoms with van der Waals surface area (Å²) in [4.78, 5) is 17.6. The van der Waals surface area contributed by atoms with Crippen LogP contribution < -0.4 is 9.80 Å². The lowest BCUT2D eigenvalue weighted by molar-refractivity contribution is -0.129. The van der Waals surface area contributed by atoms with Crippen molar-refractivity contribution in [3.05, 3.63) is 24.3 Å². The Balaban J connectivity index is 2.05. The van der Waals surface area contributed by atoms with E-state index in [1.807, 2.05) is 19.0 Å². The van der Waals surface area contributed by atoms with Crippen LogP contribution in [0.25, 0.3) is 0 Å². The van der Waals surface area contributed by atoms with Crippen LogP contribution in [-0.2, 0) is 4.79 Å². The molecule has 0 radical (unpaired) electrons. The predicted octanol–water partition coefficient (Wildman–Crippen LogP) is 1.42. The molecule has 1 heterocycles. The Morgan fingerprint density at radius 1 is 1.17 bits per heavy atom. The second-order valence-corrected chi connectivity index (χ2v) is 4.91. The number of carbonyl (C=O) groups is 1. The summed E-state index contributed by atoms with van der Waals surface area (Å²) in [7, 11) is 4.10. The number of anilines is 2. The van der Waals surface area contributed by atoms with Gasteiger partial charge in [-0.05, 0) is 18.2 Å². The van der Waals surface area contributed by atoms with Gasteiger partial charge < -0.3 is 14.7 Å². The summed E-state index contributed by atoms with van der Waals surface area (Å²) in [5.41, 5.74) is 2.45. The average molecular weight is 247 g/mol. The lowest BCUT2D eigenvalue weighted by Gasteiger charge is -2.36. The van der Waals surface area contributed by atoms with Gasteiger partial charge in [0, 0.05) is 58.6 Å². The standard InChI is InChI=1S/C14H21N3O/c1-12(18)16-7-9-17(10-8-16)14-6-4-5-13(11-14)15(2)3/h4-6,11H,7-10H2,1-3H3. The van der Waals surface area contributed by atoms with Crippen molar-refractivity contribution < 1.29 is 4.79 Å². The van der Waals surface area contributed by atoms with Gasteiger partial charge in [-0.3, -0.25) is 4.79 Å². The van der Waals surface area contributed by atoms with Crippen LogP contribution in [0.5, 0.6) is 0 Å². The van der Waals surface area contributed by atoms with Gasteiger partial charge in [-0.15, -0.1) is 0 Å². The van der Waals surface area contributed by atoms with E-state index in [9.17, 15) is 4.79 Å². The second-order valence-electron chi connectivity index (χ2n) is 4.91. The minimum Gasteiger partial charge on any atom is -0.378 e. The van der Waals surface area contributed by atoms with E-state index in [1.165, 1.54) is 11.4 Å². The highest BCUT2D eigenvalue weighted by molar-refractivity contribution is 5.73. The quantitative estimate of drug-likeness (QED) is 0.791. The number of carbonyl (C=O) groups excluding carboxylic acids is 1. The van der Waals surface area contributed by atoms with E-state index >= 15 is 0 Å². The van der Waals surface area contributed by atoms with Crippen molar-refractivity contribution >= 4 is 17.3 Å². The van der Waals surface area contributed by atoms with Crippen molar-refractivity contribution in [2.24, 2.45) is 0 Å². The third-order valence-electron chi connectivity index (χ3n) is 3.44. The van der Waals surface area contributed by atoms with Gasteiger partial charge in [0.15, 0.2) is 0 Å². The molecule has 4 heteroatoms. The fourth-order valence-corrected chi connectivity index (χ4v) is 2.25. The zero-order chi connectivity index (χ0) is 13.1. The van der Waals surface area contributed by atoms with Crippen LogP contribution in [-0.4, -0.2) is 51.1 Å². The van der Waals surface area contributed by atoms with Crippen molar-refractivity contribution in [1.82, 2.24) is 4.90 Å². The number of benzene rings is 1. The molecule has 18 heavy (non-hydrogen) atoms. The van der Waals surface area contributed by atoms with E-state index in [-0.39, 0.29) is 5.91 Å². The number of hydrogen-bond acceptors (Lipinski definition) is 3. The zero-order valence-corrected chi connectivity index (χ0v) is 11.4. The van der Waals surface area contributed by atoms with Crippen LogP contribution in [0, 0.1) is 0 Å². The van der Waals surface area contributed by atoms with Crippen molar-refractivity contribution in [3.8, 4) is 0 Å². The first-order valence-electron chi connectivity index (χ1n) is 6.36. The average Bonchev–Trinajstić information content (AvgIpc) is 2.39. The van der Waals surface area contributed by atoms with Gasteiger partial charge in [-0.25, -0.2) is 0 Å². The molecular formula is C14H21N3O. The maximum Gasteiger partial charge on any atom is 0.219 e. The second kappa shape index (κ2) is 5.29. The largest absolute Gasteiger partial charge is 0.378 e. The van der Waals surface area contributed by atoms with Crippen LogP contribution in [0.4, 0.5) is 11.4 Å². The summed E-state index contributed by atoms with van der Waals surface area (Å²) in [6, 6.07) is 8.52. The first kappa shape index (κ1) is 12.7. The molecule has 1 aromatic carbocycles. The zero-order valence-electron chi connectivity index (χ0n) is 11.4. The van der Waals surface area contributed by atoms with E-state index < -0.39 is 0 Å². The van der Waals surface area contributed by atoms with Gasteiger partial charge in [0.2, 0.25) is 5.91 Å². The molecule has 1 amide bonds. The Kier molecular flexibility index (Phi) is 3.75. The van der Waals surface area contributed by atoms with Crippen LogP contribution in [0.1, 0.15) is 6.92 Å². The molecule has 98 valence electrons. The molecule has 1 aromatic rings. The molecular weight excluding hydrogens is 226 g/mol. The van der Waals surface area contributed by atoms with Gasteiger partial charge in [0.25, 0.3) is 0 Å². The van der Waals surface area contributed by atoms with Crippen LogP contribution in [0.3, 0.4) is 0 Å². The number of nitrogens with zero attached hydrogens (tertiary/aromatic N) is 3. The first-order chi connectivity index (χ1) is 8.58. The number of amides is 1. The lowest BCUT2D eigenvalue weighted by atomic mass is 10.2. The van der Waals surface area contributed by atoms with Gasteiger partial charge >= 0.3 is 0 Å². The molecule has 1 aliphatic heterocycles. The summed E-state index contributed by atoms with van der Waals surface area (Å²) in [6.45, 7) is 5.11. The first-order valence-corrected chi connectivity index (χ1v) is 6.36. The lowest BCUT2D eigenvalue weighted by Crippen LogP contribution is -2.48. The monoisotopic (exact) mass is 247 g/mol. The Bertz CT molecular complexity index is 423. The van der Waals surface area contributed by atoms with E-state index in [2.05, 4.69) is 34.1 Å². The SMILES string of the molecule is CC(=O)N1CCN(c2cccc(N(C)C)c2)CC1. The third-order valence-corrected chi connectivity index (χ3v) is 3.44. The summed E-state index contributed by atoms with van der Waals surface area (Å²) < 4.78 is 0. The highest BCUT2D eigenvalue weighted by atomic mass is 16.2. The maximum atomic E-state index is 11.3. The minimum atomic E-state index is 0.177. The van der Waals surface area contributed by atoms with Gasteiger partial charge in [-0.2, -0.15) is 0 Å². The van der Waals surface area contributed by atoms with Crippen molar-refractivity contribution in [1.29, 1.82) is 0 Å². The molecule has 1 fully saturated rings. The fourth-order valence-electron chi connectivity index (χ4n) is 2.25. The van der Waals surface area contributed by atoms with Gasteiger partial charge in [0.1, 0.15) is 0 Å². The highest BCUT2D eigenvalue weighted by Gasteiger charge is 2.18. The molecule has 0 spiro atoms. The molecule has 1 aliphatic rings. The van der Waals surface area contributed by atoms with Crippen molar-refractivity contribution in [3.63, 3.8) is 0 Å². The Hall–Kier alpha value is -1.71. The van der Waals surface area contributed by atoms with Crippen LogP contribution in [0.2, 0.25) is 0 Å². The Labute approximate surface area is 109 Å². The molecule has 0 aliphatic carbocycles. The molecule has 2 rings (SSSR count). The van der Waals surface area contributed by atoms with Gasteiger partial charge in [-0.1, -0.05) is 6.07 Å². The number of rotatable bonds is 2. The molecule has 0 bridgehead atoms. The summed E-state index contributed by atoms with van der Waals surface area (Å²) in [6.07, 6.45) is 0. The number of hydrogen-bond donors (Lipinski definition) is 0. The Morgan fingerprint density at radius 3 is 2.39 bits per heavy atom. The summed E-state index contributed by atoms with van der Waals surface area (Å²) in [5.74, 6) is 0.177. The minimum absolute atomic E-state index is 0.177. The molecule has 4 nitrogen and oxygen atoms in total. The smallest absolute Gasteiger partial charge is 0.219 e. The van der Waals surface area contributed by atoms with E-state index in [4.69, 9.17) is 0 Å².